The number of benzene rings is 1. The Balaban J connectivity index is 0.00000324. The van der Waals surface area contributed by atoms with Crippen LogP contribution in [-0.4, -0.2) is 30.5 Å². The summed E-state index contributed by atoms with van der Waals surface area (Å²) in [7, 11) is 1.82. The van der Waals surface area contributed by atoms with E-state index in [0.29, 0.717) is 12.1 Å². The summed E-state index contributed by atoms with van der Waals surface area (Å²) in [6.07, 6.45) is 0.151. The number of nitrogens with zero attached hydrogens (tertiary/aromatic N) is 1. The van der Waals surface area contributed by atoms with Gasteiger partial charge in [-0.3, -0.25) is 14.9 Å². The molecule has 19 heavy (non-hydrogen) atoms. The summed E-state index contributed by atoms with van der Waals surface area (Å²) >= 11 is 0. The van der Waals surface area contributed by atoms with Crippen molar-refractivity contribution in [2.24, 2.45) is 0 Å². The molecule has 0 fully saturated rings. The topological polar surface area (TPSA) is 84.3 Å². The lowest BCUT2D eigenvalue weighted by Crippen LogP contribution is -2.37. The predicted octanol–water partition coefficient (Wildman–Crippen LogP) is 1.28. The minimum atomic E-state index is -0.468. The number of amides is 1. The number of hydrogen-bond acceptors (Lipinski definition) is 4. The van der Waals surface area contributed by atoms with Crippen LogP contribution in [0.15, 0.2) is 24.3 Å². The number of carbonyl (C=O) groups is 1. The minimum Gasteiger partial charge on any atom is -0.354 e. The quantitative estimate of drug-likeness (QED) is 0.610. The van der Waals surface area contributed by atoms with Gasteiger partial charge in [0.15, 0.2) is 0 Å². The fourth-order valence-electron chi connectivity index (χ4n) is 1.40. The first-order valence-corrected chi connectivity index (χ1v) is 5.70. The number of hydrogen-bond donors (Lipinski definition) is 2. The zero-order valence-corrected chi connectivity index (χ0v) is 11.7. The zero-order chi connectivity index (χ0) is 13.5. The lowest BCUT2D eigenvalue weighted by molar-refractivity contribution is -0.384. The van der Waals surface area contributed by atoms with Crippen molar-refractivity contribution in [3.63, 3.8) is 0 Å². The van der Waals surface area contributed by atoms with E-state index in [1.807, 2.05) is 14.0 Å². The first kappa shape index (κ1) is 17.3. The fourth-order valence-corrected chi connectivity index (χ4v) is 1.40. The van der Waals surface area contributed by atoms with Crippen molar-refractivity contribution in [1.82, 2.24) is 10.6 Å². The van der Waals surface area contributed by atoms with Crippen LogP contribution >= 0.6 is 12.4 Å². The van der Waals surface area contributed by atoms with E-state index in [2.05, 4.69) is 10.6 Å². The van der Waals surface area contributed by atoms with E-state index in [-0.39, 0.29) is 36.5 Å². The molecule has 0 aliphatic rings. The molecule has 0 saturated carbocycles. The summed E-state index contributed by atoms with van der Waals surface area (Å²) in [5, 5.41) is 16.4. The molecule has 1 atom stereocenters. The van der Waals surface area contributed by atoms with Crippen LogP contribution < -0.4 is 10.6 Å². The molecule has 0 radical (unpaired) electrons. The molecule has 1 amide bonds. The van der Waals surface area contributed by atoms with Crippen LogP contribution in [0.4, 0.5) is 5.69 Å². The largest absolute Gasteiger partial charge is 0.354 e. The Bertz CT molecular complexity index is 440. The molecule has 0 bridgehead atoms. The number of nitro benzene ring substituents is 1. The molecule has 0 aliphatic carbocycles. The highest BCUT2D eigenvalue weighted by Crippen LogP contribution is 2.13. The van der Waals surface area contributed by atoms with Crippen molar-refractivity contribution < 1.29 is 9.72 Å². The van der Waals surface area contributed by atoms with Crippen molar-refractivity contribution in [2.45, 2.75) is 19.4 Å². The number of nitro groups is 1. The Morgan fingerprint density at radius 2 is 2.16 bits per heavy atom. The molecule has 0 aliphatic heterocycles. The Morgan fingerprint density at radius 1 is 1.47 bits per heavy atom. The lowest BCUT2D eigenvalue weighted by Gasteiger charge is -2.11. The monoisotopic (exact) mass is 287 g/mol. The fraction of sp³-hybridized carbons (Fsp3) is 0.417. The number of halogens is 1. The number of rotatable bonds is 6. The summed E-state index contributed by atoms with van der Waals surface area (Å²) in [5.74, 6) is -0.141. The van der Waals surface area contributed by atoms with Crippen molar-refractivity contribution >= 4 is 24.0 Å². The highest BCUT2D eigenvalue weighted by molar-refractivity contribution is 5.85. The molecule has 106 valence electrons. The van der Waals surface area contributed by atoms with Gasteiger partial charge < -0.3 is 10.6 Å². The summed E-state index contributed by atoms with van der Waals surface area (Å²) in [4.78, 5) is 21.7. The molecule has 1 rings (SSSR count). The van der Waals surface area contributed by atoms with E-state index in [0.717, 1.165) is 0 Å². The maximum atomic E-state index is 11.6. The molecule has 0 saturated heterocycles. The van der Waals surface area contributed by atoms with E-state index in [1.54, 1.807) is 12.1 Å². The Morgan fingerprint density at radius 3 is 2.74 bits per heavy atom. The van der Waals surface area contributed by atoms with Crippen LogP contribution in [0, 0.1) is 10.1 Å². The van der Waals surface area contributed by atoms with E-state index in [4.69, 9.17) is 0 Å². The molecule has 2 N–H and O–H groups in total. The van der Waals surface area contributed by atoms with Gasteiger partial charge in [-0.05, 0) is 19.5 Å². The summed E-state index contributed by atoms with van der Waals surface area (Å²) in [5.41, 5.74) is 0.641. The normalized spacial score (nSPS) is 11.3. The molecule has 0 heterocycles. The first-order valence-electron chi connectivity index (χ1n) is 5.70. The van der Waals surface area contributed by atoms with Crippen molar-refractivity contribution in [1.29, 1.82) is 0 Å². The second-order valence-corrected chi connectivity index (χ2v) is 4.10. The smallest absolute Gasteiger partial charge is 0.269 e. The van der Waals surface area contributed by atoms with Gasteiger partial charge in [0.2, 0.25) is 5.91 Å². The van der Waals surface area contributed by atoms with Crippen LogP contribution in [0.25, 0.3) is 0 Å². The van der Waals surface area contributed by atoms with Gasteiger partial charge in [-0.25, -0.2) is 0 Å². The molecule has 1 unspecified atom stereocenters. The Kier molecular flexibility index (Phi) is 7.71. The zero-order valence-electron chi connectivity index (χ0n) is 10.9. The molecule has 0 spiro atoms. The van der Waals surface area contributed by atoms with Crippen LogP contribution in [0.2, 0.25) is 0 Å². The van der Waals surface area contributed by atoms with Crippen LogP contribution in [0.1, 0.15) is 12.5 Å². The Labute approximate surface area is 118 Å². The van der Waals surface area contributed by atoms with Crippen molar-refractivity contribution in [3.8, 4) is 0 Å². The second-order valence-electron chi connectivity index (χ2n) is 4.10. The van der Waals surface area contributed by atoms with Gasteiger partial charge in [0.1, 0.15) is 0 Å². The molecule has 1 aromatic carbocycles. The van der Waals surface area contributed by atoms with Gasteiger partial charge in [-0.15, -0.1) is 12.4 Å². The maximum absolute atomic E-state index is 11.6. The number of carbonyl (C=O) groups excluding carboxylic acids is 1. The van der Waals surface area contributed by atoms with Gasteiger partial charge in [-0.1, -0.05) is 12.1 Å². The van der Waals surface area contributed by atoms with E-state index >= 15 is 0 Å². The van der Waals surface area contributed by atoms with Crippen molar-refractivity contribution in [3.05, 3.63) is 39.9 Å². The van der Waals surface area contributed by atoms with E-state index < -0.39 is 4.92 Å². The number of likely N-dealkylation sites (N-methyl/N-ethyl adjacent to an activating group) is 1. The summed E-state index contributed by atoms with van der Waals surface area (Å²) in [6.45, 7) is 2.48. The predicted molar refractivity (Wildman–Crippen MR) is 75.6 cm³/mol. The van der Waals surface area contributed by atoms with E-state index in [9.17, 15) is 14.9 Å². The standard InChI is InChI=1S/C12H17N3O3.ClH/c1-9(13-2)8-14-12(16)7-10-4-3-5-11(6-10)15(17)18;/h3-6,9,13H,7-8H2,1-2H3,(H,14,16);1H. The highest BCUT2D eigenvalue weighted by Gasteiger charge is 2.09. The van der Waals surface area contributed by atoms with Gasteiger partial charge in [-0.2, -0.15) is 0 Å². The first-order chi connectivity index (χ1) is 8.52. The Hall–Kier alpha value is -1.66. The number of nitrogens with one attached hydrogen (secondary N) is 2. The summed E-state index contributed by atoms with van der Waals surface area (Å²) in [6, 6.07) is 6.30. The highest BCUT2D eigenvalue weighted by atomic mass is 35.5. The van der Waals surface area contributed by atoms with Gasteiger partial charge in [0.05, 0.1) is 11.3 Å². The van der Waals surface area contributed by atoms with Crippen LogP contribution in [-0.2, 0) is 11.2 Å². The lowest BCUT2D eigenvalue weighted by atomic mass is 10.1. The second kappa shape index (κ2) is 8.44. The van der Waals surface area contributed by atoms with Crippen LogP contribution in [0.3, 0.4) is 0 Å². The molecule has 7 heteroatoms. The third kappa shape index (κ3) is 6.17. The molecule has 1 aromatic rings. The third-order valence-corrected chi connectivity index (χ3v) is 2.58. The average molecular weight is 288 g/mol. The SMILES string of the molecule is CNC(C)CNC(=O)Cc1cccc([N+](=O)[O-])c1.Cl. The minimum absolute atomic E-state index is 0. The molecule has 0 aromatic heterocycles. The van der Waals surface area contributed by atoms with Crippen LogP contribution in [0.5, 0.6) is 0 Å². The maximum Gasteiger partial charge on any atom is 0.269 e. The third-order valence-electron chi connectivity index (χ3n) is 2.58. The number of non-ortho nitro benzene ring substituents is 1. The molecular weight excluding hydrogens is 270 g/mol. The van der Waals surface area contributed by atoms with E-state index in [1.165, 1.54) is 12.1 Å². The van der Waals surface area contributed by atoms with Gasteiger partial charge in [0, 0.05) is 24.7 Å². The summed E-state index contributed by atoms with van der Waals surface area (Å²) < 4.78 is 0. The van der Waals surface area contributed by atoms with Gasteiger partial charge in [0.25, 0.3) is 5.69 Å². The van der Waals surface area contributed by atoms with Gasteiger partial charge >= 0.3 is 0 Å². The average Bonchev–Trinajstić information content (AvgIpc) is 2.36. The molecular formula is C12H18ClN3O3. The molecule has 6 nitrogen and oxygen atoms in total. The van der Waals surface area contributed by atoms with Crippen molar-refractivity contribution in [2.75, 3.05) is 13.6 Å².